The highest BCUT2D eigenvalue weighted by atomic mass is 16.5. The Balaban J connectivity index is 3.82. The average molecular weight is 158 g/mol. The van der Waals surface area contributed by atoms with Gasteiger partial charge in [-0.3, -0.25) is 14.4 Å². The van der Waals surface area contributed by atoms with Crippen LogP contribution in [0.3, 0.4) is 0 Å². The van der Waals surface area contributed by atoms with Gasteiger partial charge >= 0.3 is 0 Å². The maximum Gasteiger partial charge on any atom is 0.293 e. The fourth-order valence-electron chi connectivity index (χ4n) is 0.548. The summed E-state index contributed by atoms with van der Waals surface area (Å²) in [6.45, 7) is 2.94. The Bertz CT molecular complexity index is 173. The van der Waals surface area contributed by atoms with E-state index >= 15 is 0 Å². The molecule has 0 aromatic rings. The predicted molar refractivity (Wildman–Crippen MR) is 36.9 cm³/mol. The lowest BCUT2D eigenvalue weighted by Crippen LogP contribution is -2.21. The summed E-state index contributed by atoms with van der Waals surface area (Å²) in [6.07, 6.45) is -0.981. The second-order valence-electron chi connectivity index (χ2n) is 2.22. The van der Waals surface area contributed by atoms with Crippen molar-refractivity contribution in [3.05, 3.63) is 0 Å². The van der Waals surface area contributed by atoms with E-state index in [0.29, 0.717) is 0 Å². The van der Waals surface area contributed by atoms with E-state index in [2.05, 4.69) is 4.74 Å². The van der Waals surface area contributed by atoms with Gasteiger partial charge in [-0.15, -0.1) is 0 Å². The zero-order chi connectivity index (χ0) is 8.85. The Morgan fingerprint density at radius 1 is 1.55 bits per heavy atom. The molecule has 62 valence electrons. The maximum atomic E-state index is 10.8. The van der Waals surface area contributed by atoms with Crippen molar-refractivity contribution in [2.75, 3.05) is 0 Å². The molecule has 0 aliphatic rings. The van der Waals surface area contributed by atoms with E-state index in [1.165, 1.54) is 13.8 Å². The van der Waals surface area contributed by atoms with E-state index < -0.39 is 6.10 Å². The highest BCUT2D eigenvalue weighted by Crippen LogP contribution is 1.95. The van der Waals surface area contributed by atoms with Crippen LogP contribution in [-0.2, 0) is 19.1 Å². The van der Waals surface area contributed by atoms with Crippen LogP contribution in [0.1, 0.15) is 20.3 Å². The molecule has 0 fully saturated rings. The Kier molecular flexibility index (Phi) is 4.10. The van der Waals surface area contributed by atoms with Crippen LogP contribution in [0.5, 0.6) is 0 Å². The number of ketones is 2. The van der Waals surface area contributed by atoms with E-state index in [1.54, 1.807) is 0 Å². The van der Waals surface area contributed by atoms with Crippen molar-refractivity contribution in [2.24, 2.45) is 0 Å². The highest BCUT2D eigenvalue weighted by Gasteiger charge is 2.14. The third-order valence-electron chi connectivity index (χ3n) is 1.14. The Labute approximate surface area is 64.5 Å². The number of Topliss-reactive ketones (excluding diaryl/α,β-unsaturated/α-hetero) is 2. The van der Waals surface area contributed by atoms with Crippen molar-refractivity contribution in [3.8, 4) is 0 Å². The van der Waals surface area contributed by atoms with Gasteiger partial charge in [0, 0.05) is 0 Å². The molecule has 0 radical (unpaired) electrons. The molecule has 0 bridgehead atoms. The standard InChI is InChI=1S/C7H10O4/c1-5(9)3-7(10)6(2)11-4-8/h4,6H,3H2,1-2H3. The number of hydrogen-bond donors (Lipinski definition) is 0. The zero-order valence-corrected chi connectivity index (χ0v) is 6.49. The van der Waals surface area contributed by atoms with Crippen LogP contribution in [-0.4, -0.2) is 24.1 Å². The van der Waals surface area contributed by atoms with Crippen LogP contribution in [0.25, 0.3) is 0 Å². The number of hydrogen-bond acceptors (Lipinski definition) is 4. The summed E-state index contributed by atoms with van der Waals surface area (Å²) in [5.74, 6) is -0.596. The molecule has 0 saturated carbocycles. The van der Waals surface area contributed by atoms with Crippen LogP contribution in [0.15, 0.2) is 0 Å². The van der Waals surface area contributed by atoms with E-state index in [1.807, 2.05) is 0 Å². The van der Waals surface area contributed by atoms with Crippen LogP contribution in [0, 0.1) is 0 Å². The topological polar surface area (TPSA) is 60.4 Å². The number of rotatable bonds is 5. The first-order valence-electron chi connectivity index (χ1n) is 3.19. The molecule has 0 aromatic heterocycles. The van der Waals surface area contributed by atoms with Crippen molar-refractivity contribution in [2.45, 2.75) is 26.4 Å². The largest absolute Gasteiger partial charge is 0.457 e. The van der Waals surface area contributed by atoms with Crippen LogP contribution in [0.4, 0.5) is 0 Å². The quantitative estimate of drug-likeness (QED) is 0.420. The van der Waals surface area contributed by atoms with Gasteiger partial charge in [-0.1, -0.05) is 0 Å². The second kappa shape index (κ2) is 4.60. The third-order valence-corrected chi connectivity index (χ3v) is 1.14. The second-order valence-corrected chi connectivity index (χ2v) is 2.22. The minimum absolute atomic E-state index is 0.172. The molecule has 0 rings (SSSR count). The molecule has 4 heteroatoms. The van der Waals surface area contributed by atoms with Gasteiger partial charge in [0.25, 0.3) is 6.47 Å². The molecule has 1 atom stereocenters. The van der Waals surface area contributed by atoms with E-state index in [0.717, 1.165) is 0 Å². The van der Waals surface area contributed by atoms with Gasteiger partial charge in [0.15, 0.2) is 11.9 Å². The third kappa shape index (κ3) is 4.25. The molecule has 0 N–H and O–H groups in total. The first-order chi connectivity index (χ1) is 5.07. The van der Waals surface area contributed by atoms with Crippen LogP contribution in [0.2, 0.25) is 0 Å². The van der Waals surface area contributed by atoms with Crippen molar-refractivity contribution in [1.29, 1.82) is 0 Å². The van der Waals surface area contributed by atoms with E-state index in [-0.39, 0.29) is 24.5 Å². The van der Waals surface area contributed by atoms with Gasteiger partial charge in [0.05, 0.1) is 6.42 Å². The van der Waals surface area contributed by atoms with Gasteiger partial charge in [0.2, 0.25) is 0 Å². The minimum atomic E-state index is -0.809. The van der Waals surface area contributed by atoms with Gasteiger partial charge < -0.3 is 4.74 Å². The zero-order valence-electron chi connectivity index (χ0n) is 6.49. The summed E-state index contributed by atoms with van der Waals surface area (Å²) >= 11 is 0. The Morgan fingerprint density at radius 3 is 2.45 bits per heavy atom. The number of carbonyl (C=O) groups excluding carboxylic acids is 3. The van der Waals surface area contributed by atoms with Gasteiger partial charge in [-0.2, -0.15) is 0 Å². The SMILES string of the molecule is CC(=O)CC(=O)C(C)OC=O. The molecular weight excluding hydrogens is 148 g/mol. The van der Waals surface area contributed by atoms with Crippen molar-refractivity contribution in [1.82, 2.24) is 0 Å². The molecule has 1 unspecified atom stereocenters. The molecule has 0 amide bonds. The molecule has 4 nitrogen and oxygen atoms in total. The van der Waals surface area contributed by atoms with Gasteiger partial charge in [-0.25, -0.2) is 0 Å². The lowest BCUT2D eigenvalue weighted by Gasteiger charge is -2.05. The smallest absolute Gasteiger partial charge is 0.293 e. The molecule has 0 aliphatic carbocycles. The summed E-state index contributed by atoms with van der Waals surface area (Å²) in [4.78, 5) is 31.0. The fraction of sp³-hybridized carbons (Fsp3) is 0.571. The Hall–Kier alpha value is -1.19. The number of ether oxygens (including phenoxy) is 1. The van der Waals surface area contributed by atoms with Crippen molar-refractivity contribution in [3.63, 3.8) is 0 Å². The maximum absolute atomic E-state index is 10.8. The molecule has 0 saturated heterocycles. The van der Waals surface area contributed by atoms with Crippen LogP contribution >= 0.6 is 0 Å². The summed E-state index contributed by atoms with van der Waals surface area (Å²) in [5, 5.41) is 0. The van der Waals surface area contributed by atoms with E-state index in [4.69, 9.17) is 0 Å². The lowest BCUT2D eigenvalue weighted by atomic mass is 10.1. The molecule has 0 spiro atoms. The average Bonchev–Trinajstić information content (AvgIpc) is 1.86. The van der Waals surface area contributed by atoms with Crippen molar-refractivity contribution < 1.29 is 19.1 Å². The predicted octanol–water partition coefficient (Wildman–Crippen LogP) is 0.0961. The van der Waals surface area contributed by atoms with Gasteiger partial charge in [-0.05, 0) is 13.8 Å². The van der Waals surface area contributed by atoms with Crippen molar-refractivity contribution >= 4 is 18.0 Å². The molecule has 0 aromatic carbocycles. The minimum Gasteiger partial charge on any atom is -0.457 e. The molecular formula is C7H10O4. The normalized spacial score (nSPS) is 11.8. The highest BCUT2D eigenvalue weighted by molar-refractivity contribution is 6.00. The lowest BCUT2D eigenvalue weighted by molar-refractivity contribution is -0.144. The summed E-state index contributed by atoms with van der Waals surface area (Å²) < 4.78 is 4.32. The molecule has 11 heavy (non-hydrogen) atoms. The Morgan fingerprint density at radius 2 is 2.09 bits per heavy atom. The summed E-state index contributed by atoms with van der Waals surface area (Å²) in [5.41, 5.74) is 0. The summed E-state index contributed by atoms with van der Waals surface area (Å²) in [6, 6.07) is 0. The molecule has 0 aliphatic heterocycles. The van der Waals surface area contributed by atoms with Gasteiger partial charge in [0.1, 0.15) is 5.78 Å². The first-order valence-corrected chi connectivity index (χ1v) is 3.19. The van der Waals surface area contributed by atoms with Crippen LogP contribution < -0.4 is 0 Å². The first kappa shape index (κ1) is 9.81. The monoisotopic (exact) mass is 158 g/mol. The summed E-state index contributed by atoms with van der Waals surface area (Å²) in [7, 11) is 0. The number of carbonyl (C=O) groups is 3. The van der Waals surface area contributed by atoms with E-state index in [9.17, 15) is 14.4 Å². The molecule has 0 heterocycles. The fourth-order valence-corrected chi connectivity index (χ4v) is 0.548.